The number of piperazine rings is 1. The number of β-amino-alcohol motifs (C(OH)–C–C–N with tert-alkyl or cyclic N) is 1. The Morgan fingerprint density at radius 1 is 1.05 bits per heavy atom. The molecule has 2 aliphatic heterocycles. The maximum Gasteiger partial charge on any atom is 0.295 e. The quantitative estimate of drug-likeness (QED) is 0.318. The van der Waals surface area contributed by atoms with Gasteiger partial charge in [0.1, 0.15) is 23.8 Å². The second-order valence-corrected chi connectivity index (χ2v) is 11.1. The third-order valence-electron chi connectivity index (χ3n) is 8.07. The average molecular weight is 582 g/mol. The minimum absolute atomic E-state index is 0.0197. The van der Waals surface area contributed by atoms with Crippen LogP contribution in [0.1, 0.15) is 46.5 Å². The summed E-state index contributed by atoms with van der Waals surface area (Å²) in [5.74, 6) is -1.94. The predicted octanol–water partition coefficient (Wildman–Crippen LogP) is 2.30. The zero-order valence-corrected chi connectivity index (χ0v) is 24.2. The highest BCUT2D eigenvalue weighted by Crippen LogP contribution is 2.30. The van der Waals surface area contributed by atoms with Crippen molar-refractivity contribution in [2.24, 2.45) is 0 Å². The van der Waals surface area contributed by atoms with Gasteiger partial charge in [0.05, 0.1) is 18.8 Å². The molecule has 0 unspecified atom stereocenters. The van der Waals surface area contributed by atoms with Gasteiger partial charge < -0.3 is 28.9 Å². The minimum atomic E-state index is -0.745. The van der Waals surface area contributed by atoms with Crippen molar-refractivity contribution in [2.45, 2.75) is 51.7 Å². The summed E-state index contributed by atoms with van der Waals surface area (Å²) in [6.07, 6.45) is 1.25. The molecule has 1 aromatic carbocycles. The molecule has 1 N–H and O–H groups in total. The van der Waals surface area contributed by atoms with Gasteiger partial charge in [0, 0.05) is 63.5 Å². The number of hydrogen-bond donors (Lipinski definition) is 1. The Hall–Kier alpha value is -3.87. The van der Waals surface area contributed by atoms with Gasteiger partial charge in [-0.05, 0) is 44.0 Å². The van der Waals surface area contributed by atoms with Gasteiger partial charge in [-0.15, -0.1) is 0 Å². The average Bonchev–Trinajstić information content (AvgIpc) is 3.57. The lowest BCUT2D eigenvalue weighted by Crippen LogP contribution is -2.57. The van der Waals surface area contributed by atoms with Crippen LogP contribution in [0.25, 0.3) is 11.0 Å². The van der Waals surface area contributed by atoms with Crippen molar-refractivity contribution in [2.75, 3.05) is 40.4 Å². The maximum absolute atomic E-state index is 14.0. The number of carbonyl (C=O) groups excluding carboxylic acids is 3. The predicted molar refractivity (Wildman–Crippen MR) is 152 cm³/mol. The molecule has 42 heavy (non-hydrogen) atoms. The highest BCUT2D eigenvalue weighted by Gasteiger charge is 2.36. The molecule has 0 bridgehead atoms. The van der Waals surface area contributed by atoms with Gasteiger partial charge in [0.2, 0.25) is 5.88 Å². The van der Waals surface area contributed by atoms with Crippen molar-refractivity contribution in [3.8, 4) is 5.88 Å². The summed E-state index contributed by atoms with van der Waals surface area (Å²) in [5.41, 5.74) is 1.61. The van der Waals surface area contributed by atoms with Crippen LogP contribution >= 0.6 is 0 Å². The molecule has 224 valence electrons. The first-order valence-electron chi connectivity index (χ1n) is 14.0. The highest BCUT2D eigenvalue weighted by atomic mass is 19.1. The van der Waals surface area contributed by atoms with E-state index in [1.807, 2.05) is 13.8 Å². The van der Waals surface area contributed by atoms with Gasteiger partial charge in [-0.3, -0.25) is 19.3 Å². The lowest BCUT2D eigenvalue weighted by molar-refractivity contribution is -0.125. The molecular formula is C30H36FN5O6. The van der Waals surface area contributed by atoms with E-state index in [0.29, 0.717) is 43.6 Å². The first-order valence-corrected chi connectivity index (χ1v) is 14.0. The van der Waals surface area contributed by atoms with E-state index in [0.717, 1.165) is 5.56 Å². The molecular weight excluding hydrogens is 545 g/mol. The third-order valence-corrected chi connectivity index (χ3v) is 8.07. The van der Waals surface area contributed by atoms with E-state index in [1.54, 1.807) is 27.7 Å². The molecule has 0 radical (unpaired) electrons. The summed E-state index contributed by atoms with van der Waals surface area (Å²) in [6, 6.07) is 7.85. The molecule has 2 fully saturated rings. The molecule has 2 amide bonds. The van der Waals surface area contributed by atoms with E-state index in [1.165, 1.54) is 37.4 Å². The van der Waals surface area contributed by atoms with Crippen molar-refractivity contribution >= 4 is 28.6 Å². The van der Waals surface area contributed by atoms with Crippen LogP contribution in [-0.2, 0) is 22.8 Å². The Kier molecular flexibility index (Phi) is 8.58. The van der Waals surface area contributed by atoms with Crippen LogP contribution in [0.3, 0.4) is 0 Å². The van der Waals surface area contributed by atoms with E-state index in [2.05, 4.69) is 9.88 Å². The molecule has 0 spiro atoms. The molecule has 2 saturated heterocycles. The molecule has 12 heteroatoms. The number of ether oxygens (including phenoxy) is 2. The van der Waals surface area contributed by atoms with Gasteiger partial charge in [-0.25, -0.2) is 4.39 Å². The molecule has 2 aliphatic rings. The van der Waals surface area contributed by atoms with Gasteiger partial charge in [-0.1, -0.05) is 12.1 Å². The Morgan fingerprint density at radius 3 is 2.43 bits per heavy atom. The fraction of sp³-hybridized carbons (Fsp3) is 0.467. The number of hydrogen-bond acceptors (Lipinski definition) is 8. The monoisotopic (exact) mass is 581 g/mol. The van der Waals surface area contributed by atoms with E-state index in [9.17, 15) is 23.9 Å². The largest absolute Gasteiger partial charge is 0.480 e. The number of fused-ring (bicyclic) bond motifs is 1. The van der Waals surface area contributed by atoms with Crippen LogP contribution in [0.15, 0.2) is 36.5 Å². The van der Waals surface area contributed by atoms with Crippen molar-refractivity contribution in [3.63, 3.8) is 0 Å². The smallest absolute Gasteiger partial charge is 0.295 e. The van der Waals surface area contributed by atoms with E-state index < -0.39 is 17.8 Å². The summed E-state index contributed by atoms with van der Waals surface area (Å²) in [7, 11) is 2.92. The number of benzene rings is 1. The Balaban J connectivity index is 1.44. The second-order valence-electron chi connectivity index (χ2n) is 11.1. The summed E-state index contributed by atoms with van der Waals surface area (Å²) in [6.45, 7) is 6.13. The SMILES string of the molecule is COCn1cc(C(=O)C(=O)N2CC[C@H](O)C2)c2cc(C(=O)N3C[C@H](C)N(Cc4ccc(F)cc4)C[C@H]3C)c(OC)nc21. The zero-order valence-electron chi connectivity index (χ0n) is 24.2. The topological polar surface area (TPSA) is 117 Å². The number of aliphatic hydroxyl groups is 1. The molecule has 3 atom stereocenters. The van der Waals surface area contributed by atoms with Crippen LogP contribution < -0.4 is 4.74 Å². The molecule has 4 heterocycles. The molecule has 0 aliphatic carbocycles. The number of nitrogens with zero attached hydrogens (tertiary/aromatic N) is 5. The molecule has 5 rings (SSSR count). The Morgan fingerprint density at radius 2 is 1.79 bits per heavy atom. The van der Waals surface area contributed by atoms with E-state index in [-0.39, 0.29) is 54.1 Å². The van der Waals surface area contributed by atoms with Gasteiger partial charge >= 0.3 is 0 Å². The van der Waals surface area contributed by atoms with Gasteiger partial charge in [-0.2, -0.15) is 4.98 Å². The lowest BCUT2D eigenvalue weighted by atomic mass is 10.0. The number of likely N-dealkylation sites (tertiary alicyclic amines) is 1. The number of methoxy groups -OCH3 is 2. The molecule has 0 saturated carbocycles. The van der Waals surface area contributed by atoms with E-state index in [4.69, 9.17) is 9.47 Å². The Bertz CT molecular complexity index is 1490. The molecule has 3 aromatic rings. The number of carbonyl (C=O) groups is 3. The van der Waals surface area contributed by atoms with Gasteiger partial charge in [0.25, 0.3) is 17.6 Å². The van der Waals surface area contributed by atoms with Crippen molar-refractivity contribution in [1.29, 1.82) is 0 Å². The highest BCUT2D eigenvalue weighted by molar-refractivity contribution is 6.45. The molecule has 2 aromatic heterocycles. The molecule has 11 nitrogen and oxygen atoms in total. The number of aromatic nitrogens is 2. The fourth-order valence-electron chi connectivity index (χ4n) is 5.78. The minimum Gasteiger partial charge on any atom is -0.480 e. The van der Waals surface area contributed by atoms with Crippen LogP contribution in [0.5, 0.6) is 5.88 Å². The Labute approximate surface area is 243 Å². The second kappa shape index (κ2) is 12.2. The summed E-state index contributed by atoms with van der Waals surface area (Å²) in [4.78, 5) is 50.4. The number of Topliss-reactive ketones (excluding diaryl/α,β-unsaturated/α-hetero) is 1. The number of ketones is 1. The maximum atomic E-state index is 14.0. The van der Waals surface area contributed by atoms with Gasteiger partial charge in [0.15, 0.2) is 0 Å². The van der Waals surface area contributed by atoms with Crippen molar-refractivity contribution < 1.29 is 33.4 Å². The van der Waals surface area contributed by atoms with Crippen molar-refractivity contribution in [3.05, 3.63) is 59.0 Å². The van der Waals surface area contributed by atoms with Crippen LogP contribution in [0.4, 0.5) is 4.39 Å². The first kappa shape index (κ1) is 29.6. The number of aliphatic hydroxyl groups excluding tert-OH is 1. The zero-order chi connectivity index (χ0) is 30.1. The van der Waals surface area contributed by atoms with Crippen LogP contribution in [0, 0.1) is 5.82 Å². The summed E-state index contributed by atoms with van der Waals surface area (Å²) >= 11 is 0. The van der Waals surface area contributed by atoms with E-state index >= 15 is 0 Å². The number of amides is 2. The number of halogens is 1. The summed E-state index contributed by atoms with van der Waals surface area (Å²) < 4.78 is 25.8. The third kappa shape index (κ3) is 5.74. The first-order chi connectivity index (χ1) is 20.1. The van der Waals surface area contributed by atoms with Crippen LogP contribution in [0.2, 0.25) is 0 Å². The van der Waals surface area contributed by atoms with Crippen molar-refractivity contribution in [1.82, 2.24) is 24.3 Å². The van der Waals surface area contributed by atoms with Crippen LogP contribution in [-0.4, -0.2) is 106 Å². The normalized spacial score (nSPS) is 21.2. The lowest BCUT2D eigenvalue weighted by Gasteiger charge is -2.44. The summed E-state index contributed by atoms with van der Waals surface area (Å²) in [5, 5.41) is 10.2. The fourth-order valence-corrected chi connectivity index (χ4v) is 5.78. The number of rotatable bonds is 8. The standard InChI is InChI=1S/C30H36FN5O6/c1-18-13-36(19(2)12-34(18)14-20-5-7-21(31)8-6-20)29(39)24-11-23-25(26(38)30(40)33-10-9-22(37)15-33)16-35(17-41-3)27(23)32-28(24)42-4/h5-8,11,16,18-19,22,37H,9-10,12-15,17H2,1-4H3/t18-,19+,22-/m0/s1. The number of pyridine rings is 1.